The first kappa shape index (κ1) is 21.5. The van der Waals surface area contributed by atoms with Gasteiger partial charge in [-0.05, 0) is 62.4 Å². The van der Waals surface area contributed by atoms with E-state index in [0.29, 0.717) is 42.7 Å². The number of carbonyl (C=O) groups excluding carboxylic acids is 2. The van der Waals surface area contributed by atoms with Gasteiger partial charge in [0.15, 0.2) is 5.69 Å². The van der Waals surface area contributed by atoms with Crippen LogP contribution in [0.4, 0.5) is 10.5 Å². The van der Waals surface area contributed by atoms with Gasteiger partial charge in [0.2, 0.25) is 0 Å². The summed E-state index contributed by atoms with van der Waals surface area (Å²) >= 11 is 0. The lowest BCUT2D eigenvalue weighted by molar-refractivity contribution is 0.0969. The zero-order valence-electron chi connectivity index (χ0n) is 18.3. The highest BCUT2D eigenvalue weighted by molar-refractivity contribution is 6.03. The standard InChI is InChI=1S/C24H27N5O3/c1-3-32-24(31)28-15-13-19(14-16-28)18-9-11-20(12-10-18)25-23(30)22-17(2)26-29(27-22)21-7-5-4-6-8-21/h4-12,19H,3,13-16H2,1-2H3,(H,25,30). The summed E-state index contributed by atoms with van der Waals surface area (Å²) in [5.41, 5.74) is 3.57. The van der Waals surface area contributed by atoms with Crippen LogP contribution in [-0.2, 0) is 4.74 Å². The molecule has 2 aromatic carbocycles. The molecule has 1 N–H and O–H groups in total. The van der Waals surface area contributed by atoms with E-state index in [2.05, 4.69) is 15.5 Å². The van der Waals surface area contributed by atoms with Gasteiger partial charge >= 0.3 is 6.09 Å². The molecule has 1 aromatic heterocycles. The molecule has 32 heavy (non-hydrogen) atoms. The first-order valence-electron chi connectivity index (χ1n) is 10.9. The lowest BCUT2D eigenvalue weighted by Gasteiger charge is -2.31. The van der Waals surface area contributed by atoms with Gasteiger partial charge in [-0.3, -0.25) is 4.79 Å². The van der Waals surface area contributed by atoms with Crippen molar-refractivity contribution in [1.82, 2.24) is 19.9 Å². The number of anilines is 1. The topological polar surface area (TPSA) is 89.4 Å². The van der Waals surface area contributed by atoms with Crippen LogP contribution in [0.15, 0.2) is 54.6 Å². The van der Waals surface area contributed by atoms with Crippen molar-refractivity contribution in [2.45, 2.75) is 32.6 Å². The summed E-state index contributed by atoms with van der Waals surface area (Å²) in [4.78, 5) is 27.8. The molecule has 0 bridgehead atoms. The minimum absolute atomic E-state index is 0.233. The zero-order valence-corrected chi connectivity index (χ0v) is 18.3. The number of rotatable bonds is 5. The van der Waals surface area contributed by atoms with E-state index >= 15 is 0 Å². The van der Waals surface area contributed by atoms with Crippen molar-refractivity contribution in [3.8, 4) is 5.69 Å². The fourth-order valence-corrected chi connectivity index (χ4v) is 3.90. The molecule has 1 saturated heterocycles. The summed E-state index contributed by atoms with van der Waals surface area (Å²) in [6, 6.07) is 17.4. The number of aryl methyl sites for hydroxylation is 1. The molecule has 3 aromatic rings. The van der Waals surface area contributed by atoms with E-state index in [1.165, 1.54) is 10.4 Å². The quantitative estimate of drug-likeness (QED) is 0.652. The van der Waals surface area contributed by atoms with Crippen molar-refractivity contribution in [2.75, 3.05) is 25.0 Å². The van der Waals surface area contributed by atoms with Crippen LogP contribution < -0.4 is 5.32 Å². The highest BCUT2D eigenvalue weighted by Gasteiger charge is 2.24. The van der Waals surface area contributed by atoms with Crippen molar-refractivity contribution >= 4 is 17.7 Å². The van der Waals surface area contributed by atoms with E-state index in [1.807, 2.05) is 61.5 Å². The third-order valence-electron chi connectivity index (χ3n) is 5.65. The minimum Gasteiger partial charge on any atom is -0.450 e. The van der Waals surface area contributed by atoms with Gasteiger partial charge in [0.25, 0.3) is 5.91 Å². The smallest absolute Gasteiger partial charge is 0.409 e. The van der Waals surface area contributed by atoms with Crippen LogP contribution in [0.5, 0.6) is 0 Å². The number of aromatic nitrogens is 3. The third-order valence-corrected chi connectivity index (χ3v) is 5.65. The fourth-order valence-electron chi connectivity index (χ4n) is 3.90. The van der Waals surface area contributed by atoms with Crippen molar-refractivity contribution in [3.05, 3.63) is 71.5 Å². The highest BCUT2D eigenvalue weighted by atomic mass is 16.6. The number of ether oxygens (including phenoxy) is 1. The van der Waals surface area contributed by atoms with E-state index < -0.39 is 0 Å². The van der Waals surface area contributed by atoms with E-state index in [9.17, 15) is 9.59 Å². The summed E-state index contributed by atoms with van der Waals surface area (Å²) < 4.78 is 5.08. The lowest BCUT2D eigenvalue weighted by Crippen LogP contribution is -2.38. The summed E-state index contributed by atoms with van der Waals surface area (Å²) in [7, 11) is 0. The van der Waals surface area contributed by atoms with E-state index in [4.69, 9.17) is 4.74 Å². The second kappa shape index (κ2) is 9.64. The summed E-state index contributed by atoms with van der Waals surface area (Å²) in [6.45, 7) is 5.37. The van der Waals surface area contributed by atoms with Gasteiger partial charge in [-0.25, -0.2) is 4.79 Å². The second-order valence-electron chi connectivity index (χ2n) is 7.80. The summed E-state index contributed by atoms with van der Waals surface area (Å²) in [5.74, 6) is 0.0959. The number of hydrogen-bond acceptors (Lipinski definition) is 5. The maximum absolute atomic E-state index is 12.7. The molecule has 2 amide bonds. The Balaban J connectivity index is 1.37. The molecule has 1 aliphatic rings. The summed E-state index contributed by atoms with van der Waals surface area (Å²) in [6.07, 6.45) is 1.56. The maximum Gasteiger partial charge on any atom is 0.409 e. The first-order chi connectivity index (χ1) is 15.5. The molecule has 166 valence electrons. The Bertz CT molecular complexity index is 1070. The molecular weight excluding hydrogens is 406 g/mol. The number of piperidine rings is 1. The Morgan fingerprint density at radius 3 is 2.38 bits per heavy atom. The number of carbonyl (C=O) groups is 2. The van der Waals surface area contributed by atoms with Crippen molar-refractivity contribution in [3.63, 3.8) is 0 Å². The first-order valence-corrected chi connectivity index (χ1v) is 10.9. The Morgan fingerprint density at radius 2 is 1.72 bits per heavy atom. The van der Waals surface area contributed by atoms with Crippen LogP contribution in [0.2, 0.25) is 0 Å². The fraction of sp³-hybridized carbons (Fsp3) is 0.333. The normalized spacial score (nSPS) is 14.2. The van der Waals surface area contributed by atoms with Crippen LogP contribution in [0, 0.1) is 6.92 Å². The Kier molecular flexibility index (Phi) is 6.49. The molecular formula is C24H27N5O3. The van der Waals surface area contributed by atoms with Gasteiger partial charge in [-0.15, -0.1) is 5.10 Å². The number of para-hydroxylation sites is 1. The van der Waals surface area contributed by atoms with E-state index in [-0.39, 0.29) is 12.0 Å². The average molecular weight is 434 g/mol. The average Bonchev–Trinajstić information content (AvgIpc) is 3.22. The third kappa shape index (κ3) is 4.80. The van der Waals surface area contributed by atoms with Gasteiger partial charge in [0.05, 0.1) is 18.0 Å². The number of hydrogen-bond donors (Lipinski definition) is 1. The minimum atomic E-state index is -0.292. The predicted molar refractivity (Wildman–Crippen MR) is 121 cm³/mol. The van der Waals surface area contributed by atoms with Crippen LogP contribution in [0.3, 0.4) is 0 Å². The molecule has 0 unspecified atom stereocenters. The molecule has 0 atom stereocenters. The molecule has 8 heteroatoms. The van der Waals surface area contributed by atoms with Gasteiger partial charge in [-0.1, -0.05) is 30.3 Å². The predicted octanol–water partition coefficient (Wildman–Crippen LogP) is 4.16. The number of nitrogens with one attached hydrogen (secondary N) is 1. The van der Waals surface area contributed by atoms with Crippen molar-refractivity contribution < 1.29 is 14.3 Å². The number of benzene rings is 2. The van der Waals surface area contributed by atoms with Crippen LogP contribution >= 0.6 is 0 Å². The van der Waals surface area contributed by atoms with Gasteiger partial charge < -0.3 is 15.0 Å². The zero-order chi connectivity index (χ0) is 22.5. The lowest BCUT2D eigenvalue weighted by atomic mass is 9.89. The molecule has 2 heterocycles. The van der Waals surface area contributed by atoms with E-state index in [0.717, 1.165) is 18.5 Å². The van der Waals surface area contributed by atoms with Crippen molar-refractivity contribution in [1.29, 1.82) is 0 Å². The molecule has 0 radical (unpaired) electrons. The number of amides is 2. The monoisotopic (exact) mass is 433 g/mol. The second-order valence-corrected chi connectivity index (χ2v) is 7.80. The highest BCUT2D eigenvalue weighted by Crippen LogP contribution is 2.29. The molecule has 0 aliphatic carbocycles. The van der Waals surface area contributed by atoms with E-state index in [1.54, 1.807) is 11.8 Å². The number of nitrogens with zero attached hydrogens (tertiary/aromatic N) is 4. The largest absolute Gasteiger partial charge is 0.450 e. The summed E-state index contributed by atoms with van der Waals surface area (Å²) in [5, 5.41) is 11.6. The Hall–Kier alpha value is -3.68. The Labute approximate surface area is 187 Å². The molecule has 1 aliphatic heterocycles. The van der Waals surface area contributed by atoms with Gasteiger partial charge in [0, 0.05) is 18.8 Å². The van der Waals surface area contributed by atoms with Crippen LogP contribution in [0.25, 0.3) is 5.69 Å². The van der Waals surface area contributed by atoms with Crippen LogP contribution in [0.1, 0.15) is 47.4 Å². The van der Waals surface area contributed by atoms with Crippen LogP contribution in [-0.4, -0.2) is 51.6 Å². The van der Waals surface area contributed by atoms with Crippen molar-refractivity contribution in [2.24, 2.45) is 0 Å². The Morgan fingerprint density at radius 1 is 1.03 bits per heavy atom. The molecule has 0 saturated carbocycles. The molecule has 0 spiro atoms. The van der Waals surface area contributed by atoms with Gasteiger partial charge in [-0.2, -0.15) is 9.90 Å². The SMILES string of the molecule is CCOC(=O)N1CCC(c2ccc(NC(=O)c3nn(-c4ccccc4)nc3C)cc2)CC1. The molecule has 8 nitrogen and oxygen atoms in total. The maximum atomic E-state index is 12.7. The number of likely N-dealkylation sites (tertiary alicyclic amines) is 1. The van der Waals surface area contributed by atoms with Gasteiger partial charge in [0.1, 0.15) is 0 Å². The molecule has 4 rings (SSSR count). The molecule has 1 fully saturated rings.